The van der Waals surface area contributed by atoms with Crippen LogP contribution >= 0.6 is 0 Å². The molecule has 0 spiro atoms. The molecule has 0 aromatic heterocycles. The van der Waals surface area contributed by atoms with Gasteiger partial charge in [0, 0.05) is 5.41 Å². The molecule has 3 nitrogen and oxygen atoms in total. The van der Waals surface area contributed by atoms with Crippen molar-refractivity contribution in [2.24, 2.45) is 11.3 Å². The second-order valence-electron chi connectivity index (χ2n) is 14.6. The minimum absolute atomic E-state index is 0.103. The summed E-state index contributed by atoms with van der Waals surface area (Å²) in [6.07, 6.45) is 39.3. The van der Waals surface area contributed by atoms with E-state index in [1.54, 1.807) is 0 Å². The number of unbranched alkanes of at least 4 members (excludes halogenated alkanes) is 26. The van der Waals surface area contributed by atoms with Crippen molar-refractivity contribution < 1.29 is 10.2 Å². The Labute approximate surface area is 266 Å². The van der Waals surface area contributed by atoms with Crippen LogP contribution in [0.4, 0.5) is 0 Å². The minimum atomic E-state index is -0.646. The van der Waals surface area contributed by atoms with Crippen LogP contribution in [-0.4, -0.2) is 22.7 Å². The molecule has 0 radical (unpaired) electrons. The Morgan fingerprint density at radius 2 is 0.667 bits per heavy atom. The standard InChI is InChI=1S/C39H81NO2/c1-6-8-10-12-14-16-18-20-22-24-26-28-30-32-34-39(5,38(42)40-37(41)36(3)4)35-33-31-29-27-25-23-21-19-17-15-13-11-9-7-2/h36-38,40-42H,6-35H2,1-5H3. The normalized spacial score (nSPS) is 13.7. The zero-order valence-corrected chi connectivity index (χ0v) is 29.8. The van der Waals surface area contributed by atoms with E-state index in [1.807, 2.05) is 13.8 Å². The van der Waals surface area contributed by atoms with Gasteiger partial charge < -0.3 is 10.2 Å². The fraction of sp³-hybridized carbons (Fsp3) is 1.00. The van der Waals surface area contributed by atoms with E-state index in [0.29, 0.717) is 0 Å². The molecule has 2 unspecified atom stereocenters. The number of nitrogens with one attached hydrogen (secondary N) is 1. The summed E-state index contributed by atoms with van der Waals surface area (Å²) in [5.41, 5.74) is -0.163. The summed E-state index contributed by atoms with van der Waals surface area (Å²) >= 11 is 0. The van der Waals surface area contributed by atoms with Crippen molar-refractivity contribution in [2.45, 2.75) is 240 Å². The Morgan fingerprint density at radius 1 is 0.429 bits per heavy atom. The molecular formula is C39H81NO2. The molecule has 0 aromatic carbocycles. The van der Waals surface area contributed by atoms with Crippen molar-refractivity contribution in [1.29, 1.82) is 0 Å². The zero-order valence-electron chi connectivity index (χ0n) is 29.8. The number of hydrogen-bond donors (Lipinski definition) is 3. The molecule has 0 heterocycles. The maximum absolute atomic E-state index is 11.1. The van der Waals surface area contributed by atoms with Gasteiger partial charge in [0.25, 0.3) is 0 Å². The highest BCUT2D eigenvalue weighted by atomic mass is 16.3. The van der Waals surface area contributed by atoms with Crippen LogP contribution in [0.3, 0.4) is 0 Å². The largest absolute Gasteiger partial charge is 0.378 e. The molecule has 42 heavy (non-hydrogen) atoms. The third-order valence-corrected chi connectivity index (χ3v) is 9.82. The topological polar surface area (TPSA) is 52.5 Å². The number of hydrogen-bond acceptors (Lipinski definition) is 3. The van der Waals surface area contributed by atoms with Gasteiger partial charge in [-0.2, -0.15) is 0 Å². The molecule has 0 saturated heterocycles. The molecule has 0 saturated carbocycles. The number of aliphatic hydroxyl groups is 2. The van der Waals surface area contributed by atoms with Crippen molar-refractivity contribution in [3.8, 4) is 0 Å². The van der Waals surface area contributed by atoms with Crippen molar-refractivity contribution >= 4 is 0 Å². The van der Waals surface area contributed by atoms with Crippen LogP contribution in [0.2, 0.25) is 0 Å². The summed E-state index contributed by atoms with van der Waals surface area (Å²) < 4.78 is 0. The summed E-state index contributed by atoms with van der Waals surface area (Å²) in [4.78, 5) is 0. The van der Waals surface area contributed by atoms with Gasteiger partial charge in [-0.1, -0.05) is 214 Å². The van der Waals surface area contributed by atoms with Crippen molar-refractivity contribution in [3.63, 3.8) is 0 Å². The van der Waals surface area contributed by atoms with Gasteiger partial charge in [0.15, 0.2) is 0 Å². The number of aliphatic hydroxyl groups excluding tert-OH is 2. The second-order valence-corrected chi connectivity index (χ2v) is 14.6. The molecule has 0 bridgehead atoms. The SMILES string of the molecule is CCCCCCCCCCCCCCCCC(C)(CCCCCCCCCCCCCCCC)C(O)NC(O)C(C)C. The maximum Gasteiger partial charge on any atom is 0.112 e. The molecule has 2 atom stereocenters. The van der Waals surface area contributed by atoms with Gasteiger partial charge in [-0.05, 0) is 18.8 Å². The first-order valence-electron chi connectivity index (χ1n) is 19.5. The van der Waals surface area contributed by atoms with Crippen LogP contribution in [0, 0.1) is 11.3 Å². The molecule has 0 aliphatic carbocycles. The molecule has 3 heteroatoms. The predicted molar refractivity (Wildman–Crippen MR) is 188 cm³/mol. The summed E-state index contributed by atoms with van der Waals surface area (Å²) in [7, 11) is 0. The van der Waals surface area contributed by atoms with E-state index in [2.05, 4.69) is 26.1 Å². The van der Waals surface area contributed by atoms with Crippen molar-refractivity contribution in [2.75, 3.05) is 0 Å². The van der Waals surface area contributed by atoms with E-state index in [9.17, 15) is 10.2 Å². The summed E-state index contributed by atoms with van der Waals surface area (Å²) in [6, 6.07) is 0. The Morgan fingerprint density at radius 3 is 0.905 bits per heavy atom. The predicted octanol–water partition coefficient (Wildman–Crippen LogP) is 12.6. The van der Waals surface area contributed by atoms with Crippen LogP contribution in [0.1, 0.15) is 227 Å². The van der Waals surface area contributed by atoms with Gasteiger partial charge in [-0.3, -0.25) is 5.32 Å². The van der Waals surface area contributed by atoms with Crippen LogP contribution in [0.5, 0.6) is 0 Å². The first-order chi connectivity index (χ1) is 20.4. The average Bonchev–Trinajstić information content (AvgIpc) is 2.97. The highest BCUT2D eigenvalue weighted by molar-refractivity contribution is 4.82. The third kappa shape index (κ3) is 26.3. The molecule has 0 fully saturated rings. The molecular weight excluding hydrogens is 514 g/mol. The average molecular weight is 596 g/mol. The van der Waals surface area contributed by atoms with Crippen LogP contribution in [0.25, 0.3) is 0 Å². The van der Waals surface area contributed by atoms with Crippen molar-refractivity contribution in [1.82, 2.24) is 5.32 Å². The van der Waals surface area contributed by atoms with E-state index in [4.69, 9.17) is 0 Å². The summed E-state index contributed by atoms with van der Waals surface area (Å²) in [5, 5.41) is 24.6. The molecule has 0 amide bonds. The molecule has 3 N–H and O–H groups in total. The Balaban J connectivity index is 4.06. The molecule has 0 aliphatic heterocycles. The molecule has 0 rings (SSSR count). The lowest BCUT2D eigenvalue weighted by atomic mass is 9.77. The monoisotopic (exact) mass is 596 g/mol. The molecule has 0 aliphatic rings. The Kier molecular flexibility index (Phi) is 30.8. The minimum Gasteiger partial charge on any atom is -0.378 e. The van der Waals surface area contributed by atoms with E-state index in [-0.39, 0.29) is 11.3 Å². The lowest BCUT2D eigenvalue weighted by Crippen LogP contribution is -2.49. The highest BCUT2D eigenvalue weighted by Gasteiger charge is 2.33. The number of rotatable bonds is 34. The zero-order chi connectivity index (χ0) is 31.2. The van der Waals surface area contributed by atoms with Gasteiger partial charge in [-0.15, -0.1) is 0 Å². The van der Waals surface area contributed by atoms with Crippen LogP contribution in [-0.2, 0) is 0 Å². The lowest BCUT2D eigenvalue weighted by Gasteiger charge is -2.37. The summed E-state index contributed by atoms with van der Waals surface area (Å²) in [6.45, 7) is 10.8. The molecule has 254 valence electrons. The summed E-state index contributed by atoms with van der Waals surface area (Å²) in [5.74, 6) is 0.103. The van der Waals surface area contributed by atoms with Gasteiger partial charge >= 0.3 is 0 Å². The first kappa shape index (κ1) is 41.9. The van der Waals surface area contributed by atoms with E-state index in [0.717, 1.165) is 12.8 Å². The highest BCUT2D eigenvalue weighted by Crippen LogP contribution is 2.35. The quantitative estimate of drug-likeness (QED) is 0.0512. The lowest BCUT2D eigenvalue weighted by molar-refractivity contribution is -0.0558. The first-order valence-corrected chi connectivity index (χ1v) is 19.5. The maximum atomic E-state index is 11.1. The Bertz CT molecular complexity index is 491. The van der Waals surface area contributed by atoms with E-state index >= 15 is 0 Å². The molecule has 0 aromatic rings. The van der Waals surface area contributed by atoms with Gasteiger partial charge in [-0.25, -0.2) is 0 Å². The van der Waals surface area contributed by atoms with Crippen LogP contribution in [0.15, 0.2) is 0 Å². The van der Waals surface area contributed by atoms with Gasteiger partial charge in [0.2, 0.25) is 0 Å². The third-order valence-electron chi connectivity index (χ3n) is 9.82. The smallest absolute Gasteiger partial charge is 0.112 e. The van der Waals surface area contributed by atoms with E-state index in [1.165, 1.54) is 180 Å². The van der Waals surface area contributed by atoms with E-state index < -0.39 is 12.5 Å². The second kappa shape index (κ2) is 30.9. The van der Waals surface area contributed by atoms with Crippen molar-refractivity contribution in [3.05, 3.63) is 0 Å². The van der Waals surface area contributed by atoms with Crippen LogP contribution < -0.4 is 5.32 Å². The Hall–Kier alpha value is -0.120. The van der Waals surface area contributed by atoms with Gasteiger partial charge in [0.1, 0.15) is 12.5 Å². The fourth-order valence-corrected chi connectivity index (χ4v) is 6.40. The fourth-order valence-electron chi connectivity index (χ4n) is 6.40. The van der Waals surface area contributed by atoms with Gasteiger partial charge in [0.05, 0.1) is 0 Å².